The fourth-order valence-electron chi connectivity index (χ4n) is 3.45. The molecule has 0 atom stereocenters. The minimum Gasteiger partial charge on any atom is -0.362 e. The highest BCUT2D eigenvalue weighted by Gasteiger charge is 2.33. The fraction of sp³-hybridized carbons (Fsp3) is 0.273. The van der Waals surface area contributed by atoms with Crippen molar-refractivity contribution in [2.45, 2.75) is 12.8 Å². The van der Waals surface area contributed by atoms with Crippen LogP contribution in [0.1, 0.15) is 27.5 Å². The Morgan fingerprint density at radius 1 is 1.11 bits per heavy atom. The van der Waals surface area contributed by atoms with Crippen LogP contribution in [0.3, 0.4) is 0 Å². The minimum absolute atomic E-state index is 0.0361. The van der Waals surface area contributed by atoms with Crippen molar-refractivity contribution in [3.63, 3.8) is 0 Å². The van der Waals surface area contributed by atoms with E-state index < -0.39 is 0 Å². The predicted octanol–water partition coefficient (Wildman–Crippen LogP) is 3.15. The molecule has 0 unspecified atom stereocenters. The summed E-state index contributed by atoms with van der Waals surface area (Å²) in [5.41, 5.74) is 3.56. The minimum atomic E-state index is 0.0361. The van der Waals surface area contributed by atoms with Gasteiger partial charge in [-0.2, -0.15) is 0 Å². The van der Waals surface area contributed by atoms with E-state index in [0.717, 1.165) is 22.6 Å². The topological polar surface area (TPSA) is 62.2 Å². The first-order valence-corrected chi connectivity index (χ1v) is 9.34. The Morgan fingerprint density at radius 3 is 2.64 bits per heavy atom. The molecule has 2 aromatic heterocycles. The molecule has 0 spiro atoms. The molecule has 0 radical (unpaired) electrons. The molecule has 1 aliphatic heterocycles. The van der Waals surface area contributed by atoms with Crippen LogP contribution < -0.4 is 4.90 Å². The lowest BCUT2D eigenvalue weighted by molar-refractivity contribution is 0.0599. The molecule has 0 bridgehead atoms. The van der Waals surface area contributed by atoms with Crippen molar-refractivity contribution in [1.29, 1.82) is 0 Å². The van der Waals surface area contributed by atoms with Crippen LogP contribution >= 0.6 is 0 Å². The van der Waals surface area contributed by atoms with Gasteiger partial charge in [0.25, 0.3) is 5.91 Å². The van der Waals surface area contributed by atoms with Crippen LogP contribution in [0.15, 0.2) is 54.9 Å². The molecule has 28 heavy (non-hydrogen) atoms. The van der Waals surface area contributed by atoms with Crippen molar-refractivity contribution in [2.24, 2.45) is 0 Å². The molecule has 142 valence electrons. The van der Waals surface area contributed by atoms with Gasteiger partial charge < -0.3 is 9.80 Å². The molecule has 1 fully saturated rings. The molecule has 6 heteroatoms. The lowest BCUT2D eigenvalue weighted by Crippen LogP contribution is -2.48. The molecule has 1 aliphatic rings. The SMILES string of the molecule is Cc1cnc(-c2cccc(C(=O)N3CC(c4ccccn4)C3)c2)nc1N(C)C. The van der Waals surface area contributed by atoms with Gasteiger partial charge in [0, 0.05) is 67.9 Å². The Hall–Kier alpha value is -3.28. The number of pyridine rings is 1. The molecule has 4 rings (SSSR count). The number of hydrogen-bond donors (Lipinski definition) is 0. The van der Waals surface area contributed by atoms with E-state index in [-0.39, 0.29) is 5.91 Å². The lowest BCUT2D eigenvalue weighted by atomic mass is 9.94. The van der Waals surface area contributed by atoms with E-state index in [2.05, 4.69) is 15.0 Å². The number of benzene rings is 1. The summed E-state index contributed by atoms with van der Waals surface area (Å²) in [6.07, 6.45) is 3.62. The molecule has 0 saturated carbocycles. The van der Waals surface area contributed by atoms with E-state index in [1.807, 2.05) is 79.5 Å². The third-order valence-corrected chi connectivity index (χ3v) is 5.01. The van der Waals surface area contributed by atoms with Gasteiger partial charge >= 0.3 is 0 Å². The van der Waals surface area contributed by atoms with Gasteiger partial charge in [0.05, 0.1) is 0 Å². The second-order valence-electron chi connectivity index (χ2n) is 7.34. The largest absolute Gasteiger partial charge is 0.362 e. The number of aryl methyl sites for hydroxylation is 1. The Bertz CT molecular complexity index is 997. The van der Waals surface area contributed by atoms with Crippen molar-refractivity contribution in [3.8, 4) is 11.4 Å². The first-order chi connectivity index (χ1) is 13.5. The van der Waals surface area contributed by atoms with Crippen LogP contribution in [0.2, 0.25) is 0 Å². The van der Waals surface area contributed by atoms with Crippen molar-refractivity contribution >= 4 is 11.7 Å². The highest BCUT2D eigenvalue weighted by molar-refractivity contribution is 5.96. The number of likely N-dealkylation sites (tertiary alicyclic amines) is 1. The number of anilines is 1. The lowest BCUT2D eigenvalue weighted by Gasteiger charge is -2.39. The first kappa shape index (κ1) is 18.1. The highest BCUT2D eigenvalue weighted by atomic mass is 16.2. The van der Waals surface area contributed by atoms with Crippen molar-refractivity contribution in [3.05, 3.63) is 71.7 Å². The third kappa shape index (κ3) is 3.45. The normalized spacial score (nSPS) is 13.9. The van der Waals surface area contributed by atoms with Crippen LogP contribution in [0, 0.1) is 6.92 Å². The number of nitrogens with zero attached hydrogens (tertiary/aromatic N) is 5. The monoisotopic (exact) mass is 373 g/mol. The molecular formula is C22H23N5O. The summed E-state index contributed by atoms with van der Waals surface area (Å²) in [4.78, 5) is 30.2. The molecule has 3 aromatic rings. The van der Waals surface area contributed by atoms with Gasteiger partial charge in [0.15, 0.2) is 5.82 Å². The summed E-state index contributed by atoms with van der Waals surface area (Å²) in [5, 5.41) is 0. The summed E-state index contributed by atoms with van der Waals surface area (Å²) in [6.45, 7) is 3.39. The van der Waals surface area contributed by atoms with Gasteiger partial charge in [-0.3, -0.25) is 9.78 Å². The van der Waals surface area contributed by atoms with Crippen LogP contribution in [-0.4, -0.2) is 52.9 Å². The maximum absolute atomic E-state index is 12.9. The number of rotatable bonds is 4. The third-order valence-electron chi connectivity index (χ3n) is 5.01. The molecule has 1 aromatic carbocycles. The second kappa shape index (κ2) is 7.38. The first-order valence-electron chi connectivity index (χ1n) is 9.34. The number of aromatic nitrogens is 3. The summed E-state index contributed by atoms with van der Waals surface area (Å²) < 4.78 is 0. The van der Waals surface area contributed by atoms with Gasteiger partial charge in [0.2, 0.25) is 0 Å². The summed E-state index contributed by atoms with van der Waals surface area (Å²) >= 11 is 0. The molecule has 6 nitrogen and oxygen atoms in total. The standard InChI is InChI=1S/C22H23N5O/c1-15-12-24-20(25-21(15)26(2)3)16-7-6-8-17(11-16)22(28)27-13-18(14-27)19-9-4-5-10-23-19/h4-12,18H,13-14H2,1-3H3. The quantitative estimate of drug-likeness (QED) is 0.703. The van der Waals surface area contributed by atoms with Gasteiger partial charge in [-0.15, -0.1) is 0 Å². The molecule has 1 saturated heterocycles. The fourth-order valence-corrected chi connectivity index (χ4v) is 3.45. The van der Waals surface area contributed by atoms with E-state index in [9.17, 15) is 4.79 Å². The van der Waals surface area contributed by atoms with Crippen molar-refractivity contribution in [2.75, 3.05) is 32.1 Å². The zero-order valence-corrected chi connectivity index (χ0v) is 16.3. The Labute approximate surface area is 164 Å². The van der Waals surface area contributed by atoms with E-state index in [4.69, 9.17) is 0 Å². The Balaban J connectivity index is 1.52. The maximum Gasteiger partial charge on any atom is 0.253 e. The van der Waals surface area contributed by atoms with Crippen LogP contribution in [0.4, 0.5) is 5.82 Å². The summed E-state index contributed by atoms with van der Waals surface area (Å²) in [7, 11) is 3.92. The van der Waals surface area contributed by atoms with E-state index in [1.165, 1.54) is 0 Å². The smallest absolute Gasteiger partial charge is 0.253 e. The molecule has 0 N–H and O–H groups in total. The van der Waals surface area contributed by atoms with E-state index in [0.29, 0.717) is 30.4 Å². The van der Waals surface area contributed by atoms with Gasteiger partial charge in [-0.05, 0) is 31.2 Å². The summed E-state index contributed by atoms with van der Waals surface area (Å²) in [6, 6.07) is 13.5. The van der Waals surface area contributed by atoms with Crippen LogP contribution in [0.25, 0.3) is 11.4 Å². The average molecular weight is 373 g/mol. The second-order valence-corrected chi connectivity index (χ2v) is 7.34. The van der Waals surface area contributed by atoms with Gasteiger partial charge in [-0.25, -0.2) is 9.97 Å². The zero-order chi connectivity index (χ0) is 19.7. The Kier molecular flexibility index (Phi) is 4.77. The molecular weight excluding hydrogens is 350 g/mol. The molecule has 1 amide bonds. The molecule has 3 heterocycles. The van der Waals surface area contributed by atoms with Crippen LogP contribution in [0.5, 0.6) is 0 Å². The van der Waals surface area contributed by atoms with E-state index in [1.54, 1.807) is 6.20 Å². The number of carbonyl (C=O) groups excluding carboxylic acids is 1. The van der Waals surface area contributed by atoms with Crippen molar-refractivity contribution in [1.82, 2.24) is 19.9 Å². The Morgan fingerprint density at radius 2 is 1.93 bits per heavy atom. The number of amides is 1. The zero-order valence-electron chi connectivity index (χ0n) is 16.3. The van der Waals surface area contributed by atoms with Crippen molar-refractivity contribution < 1.29 is 4.79 Å². The maximum atomic E-state index is 12.9. The summed E-state index contributed by atoms with van der Waals surface area (Å²) in [5.74, 6) is 1.85. The van der Waals surface area contributed by atoms with Gasteiger partial charge in [0.1, 0.15) is 5.82 Å². The number of hydrogen-bond acceptors (Lipinski definition) is 5. The predicted molar refractivity (Wildman–Crippen MR) is 109 cm³/mol. The van der Waals surface area contributed by atoms with E-state index >= 15 is 0 Å². The average Bonchev–Trinajstić information content (AvgIpc) is 2.68. The van der Waals surface area contributed by atoms with Crippen LogP contribution in [-0.2, 0) is 0 Å². The van der Waals surface area contributed by atoms with Gasteiger partial charge in [-0.1, -0.05) is 18.2 Å². The number of carbonyl (C=O) groups is 1. The molecule has 0 aliphatic carbocycles. The highest BCUT2D eigenvalue weighted by Crippen LogP contribution is 2.28.